The average Bonchev–Trinajstić information content (AvgIpc) is 2.35. The maximum atomic E-state index is 8.74. The van der Waals surface area contributed by atoms with Crippen molar-refractivity contribution in [2.45, 2.75) is 75.5 Å². The summed E-state index contributed by atoms with van der Waals surface area (Å²) in [5.41, 5.74) is 29.2. The largest absolute Gasteiger partial charge is 2.00 e. The SMILES string of the molecule is O=S(=O)(O)O.[Cu+2].[NH-]C1CCCCC1[NH-].[NH-]C1CCCCC1[NH-]. The molecular formula is C12H26CuN4O4S-2. The zero-order valence-corrected chi connectivity index (χ0v) is 14.1. The van der Waals surface area contributed by atoms with Gasteiger partial charge in [0.2, 0.25) is 0 Å². The normalized spacial score (nSPS) is 31.5. The van der Waals surface area contributed by atoms with E-state index < -0.39 is 10.4 Å². The van der Waals surface area contributed by atoms with Crippen molar-refractivity contribution in [1.29, 1.82) is 0 Å². The van der Waals surface area contributed by atoms with Gasteiger partial charge in [-0.15, -0.1) is 0 Å². The van der Waals surface area contributed by atoms with Crippen LogP contribution in [0.3, 0.4) is 0 Å². The number of nitrogens with one attached hydrogen (secondary N) is 4. The van der Waals surface area contributed by atoms with Crippen molar-refractivity contribution < 1.29 is 34.6 Å². The molecule has 0 aromatic rings. The summed E-state index contributed by atoms with van der Waals surface area (Å²) < 4.78 is 31.6. The Labute approximate surface area is 143 Å². The zero-order chi connectivity index (χ0) is 16.5. The monoisotopic (exact) mass is 385 g/mol. The molecule has 0 aromatic carbocycles. The van der Waals surface area contributed by atoms with Gasteiger partial charge < -0.3 is 22.9 Å². The Hall–Kier alpha value is 0.229. The van der Waals surface area contributed by atoms with Crippen molar-refractivity contribution in [3.05, 3.63) is 22.9 Å². The van der Waals surface area contributed by atoms with Gasteiger partial charge in [-0.05, 0) is 0 Å². The Morgan fingerprint density at radius 2 is 0.773 bits per heavy atom. The molecule has 2 rings (SSSR count). The fourth-order valence-corrected chi connectivity index (χ4v) is 2.26. The quantitative estimate of drug-likeness (QED) is 0.471. The zero-order valence-electron chi connectivity index (χ0n) is 12.4. The maximum Gasteiger partial charge on any atom is 2.00 e. The first-order valence-electron chi connectivity index (χ1n) is 7.15. The molecule has 10 heteroatoms. The van der Waals surface area contributed by atoms with Gasteiger partial charge in [-0.1, -0.05) is 51.4 Å². The molecule has 2 fully saturated rings. The summed E-state index contributed by atoms with van der Waals surface area (Å²) in [5.74, 6) is 0. The van der Waals surface area contributed by atoms with Crippen molar-refractivity contribution in [1.82, 2.24) is 0 Å². The second-order valence-corrected chi connectivity index (χ2v) is 6.34. The van der Waals surface area contributed by atoms with E-state index in [2.05, 4.69) is 0 Å². The van der Waals surface area contributed by atoms with Crippen LogP contribution in [-0.2, 0) is 27.5 Å². The molecule has 2 aliphatic rings. The van der Waals surface area contributed by atoms with Gasteiger partial charge in [-0.2, -0.15) is 32.6 Å². The van der Waals surface area contributed by atoms with Gasteiger partial charge in [0.15, 0.2) is 0 Å². The van der Waals surface area contributed by atoms with Crippen LogP contribution in [0.25, 0.3) is 22.9 Å². The molecule has 8 nitrogen and oxygen atoms in total. The van der Waals surface area contributed by atoms with E-state index in [1.807, 2.05) is 0 Å². The first-order valence-corrected chi connectivity index (χ1v) is 8.55. The fourth-order valence-electron chi connectivity index (χ4n) is 2.26. The third-order valence-electron chi connectivity index (χ3n) is 3.53. The van der Waals surface area contributed by atoms with Gasteiger partial charge in [0, 0.05) is 0 Å². The van der Waals surface area contributed by atoms with E-state index in [0.717, 1.165) is 25.7 Å². The Morgan fingerprint density at radius 3 is 0.864 bits per heavy atom. The third-order valence-corrected chi connectivity index (χ3v) is 3.53. The van der Waals surface area contributed by atoms with E-state index in [9.17, 15) is 0 Å². The third kappa shape index (κ3) is 15.1. The van der Waals surface area contributed by atoms with Crippen molar-refractivity contribution in [2.75, 3.05) is 0 Å². The molecule has 2 aliphatic carbocycles. The summed E-state index contributed by atoms with van der Waals surface area (Å²) in [6.45, 7) is 0. The van der Waals surface area contributed by atoms with E-state index in [0.29, 0.717) is 0 Å². The van der Waals surface area contributed by atoms with Crippen LogP contribution in [0.15, 0.2) is 0 Å². The van der Waals surface area contributed by atoms with Crippen LogP contribution in [0.5, 0.6) is 0 Å². The summed E-state index contributed by atoms with van der Waals surface area (Å²) in [5, 5.41) is 0. The Kier molecular flexibility index (Phi) is 14.1. The van der Waals surface area contributed by atoms with Crippen LogP contribution in [0, 0.1) is 0 Å². The van der Waals surface area contributed by atoms with E-state index in [1.165, 1.54) is 25.7 Å². The van der Waals surface area contributed by atoms with Crippen molar-refractivity contribution in [2.24, 2.45) is 0 Å². The molecule has 0 amide bonds. The number of rotatable bonds is 0. The summed E-state index contributed by atoms with van der Waals surface area (Å²) >= 11 is 0. The van der Waals surface area contributed by atoms with E-state index >= 15 is 0 Å². The Bertz CT molecular complexity index is 324. The molecule has 4 atom stereocenters. The predicted molar refractivity (Wildman–Crippen MR) is 83.6 cm³/mol. The standard InChI is InChI=1S/2C6H12N2.Cu.H2O4S/c2*7-5-3-1-2-4-6(5)8;;1-5(2,3)4/h2*5-8H,1-4H2;;(H2,1,2,3,4)/q2*-2;+2;. The molecule has 0 bridgehead atoms. The van der Waals surface area contributed by atoms with Crippen LogP contribution in [0.4, 0.5) is 0 Å². The molecule has 0 spiro atoms. The summed E-state index contributed by atoms with van der Waals surface area (Å²) in [7, 11) is -4.67. The van der Waals surface area contributed by atoms with Crippen molar-refractivity contribution in [3.63, 3.8) is 0 Å². The topological polar surface area (TPSA) is 170 Å². The summed E-state index contributed by atoms with van der Waals surface area (Å²) in [6.07, 6.45) is 8.49. The van der Waals surface area contributed by atoms with Gasteiger partial charge >= 0.3 is 27.5 Å². The molecule has 0 heterocycles. The minimum atomic E-state index is -4.67. The summed E-state index contributed by atoms with van der Waals surface area (Å²) in [6, 6.07) is -0.319. The van der Waals surface area contributed by atoms with Crippen molar-refractivity contribution >= 4 is 10.4 Å². The van der Waals surface area contributed by atoms with Crippen LogP contribution >= 0.6 is 0 Å². The fraction of sp³-hybridized carbons (Fsp3) is 1.00. The minimum Gasteiger partial charge on any atom is -0.676 e. The van der Waals surface area contributed by atoms with Crippen LogP contribution in [0.2, 0.25) is 0 Å². The molecule has 0 aliphatic heterocycles. The summed E-state index contributed by atoms with van der Waals surface area (Å²) in [4.78, 5) is 0. The van der Waals surface area contributed by atoms with E-state index in [1.54, 1.807) is 0 Å². The van der Waals surface area contributed by atoms with Gasteiger partial charge in [0.1, 0.15) is 0 Å². The smallest absolute Gasteiger partial charge is 0.676 e. The Balaban J connectivity index is 0. The van der Waals surface area contributed by atoms with Gasteiger partial charge in [-0.3, -0.25) is 9.11 Å². The molecule has 1 radical (unpaired) electrons. The van der Waals surface area contributed by atoms with E-state index in [4.69, 9.17) is 40.5 Å². The first-order chi connectivity index (χ1) is 9.61. The van der Waals surface area contributed by atoms with Crippen LogP contribution in [-0.4, -0.2) is 41.7 Å². The molecule has 2 saturated carbocycles. The molecule has 4 unspecified atom stereocenters. The number of hydrogen-bond acceptors (Lipinski definition) is 2. The van der Waals surface area contributed by atoms with Crippen LogP contribution < -0.4 is 0 Å². The van der Waals surface area contributed by atoms with Crippen molar-refractivity contribution in [3.8, 4) is 0 Å². The minimum absolute atomic E-state index is 0. The predicted octanol–water partition coefficient (Wildman–Crippen LogP) is 4.15. The van der Waals surface area contributed by atoms with E-state index in [-0.39, 0.29) is 41.2 Å². The average molecular weight is 386 g/mol. The van der Waals surface area contributed by atoms with Gasteiger partial charge in [0.05, 0.1) is 0 Å². The van der Waals surface area contributed by atoms with Gasteiger partial charge in [0.25, 0.3) is 0 Å². The molecule has 0 saturated heterocycles. The molecule has 6 N–H and O–H groups in total. The molecule has 0 aromatic heterocycles. The number of hydrogen-bond donors (Lipinski definition) is 2. The molecule has 137 valence electrons. The first kappa shape index (κ1) is 24.5. The molecule has 22 heavy (non-hydrogen) atoms. The second kappa shape index (κ2) is 12.6. The molecular weight excluding hydrogens is 360 g/mol. The van der Waals surface area contributed by atoms with Crippen LogP contribution in [0.1, 0.15) is 51.4 Å². The second-order valence-electron chi connectivity index (χ2n) is 5.44. The maximum absolute atomic E-state index is 8.74. The Morgan fingerprint density at radius 1 is 0.636 bits per heavy atom. The van der Waals surface area contributed by atoms with Gasteiger partial charge in [-0.25, -0.2) is 0 Å².